The molecule has 1 aromatic heterocycles. The molecule has 0 atom stereocenters. The van der Waals surface area contributed by atoms with Crippen molar-refractivity contribution in [1.82, 2.24) is 4.57 Å². The Labute approximate surface area is 216 Å². The molecule has 1 amide bonds. The zero-order valence-electron chi connectivity index (χ0n) is 21.1. The van der Waals surface area contributed by atoms with Crippen LogP contribution in [-0.4, -0.2) is 40.9 Å². The van der Waals surface area contributed by atoms with Gasteiger partial charge in [0.15, 0.2) is 5.78 Å². The van der Waals surface area contributed by atoms with Gasteiger partial charge in [-0.2, -0.15) is 13.2 Å². The molecule has 38 heavy (non-hydrogen) atoms. The van der Waals surface area contributed by atoms with Crippen molar-refractivity contribution >= 4 is 23.3 Å². The largest absolute Gasteiger partial charge is 0.461 e. The molecule has 1 aromatic carbocycles. The second-order valence-electron chi connectivity index (χ2n) is 10.7. The summed E-state index contributed by atoms with van der Waals surface area (Å²) in [5.74, 6) is -3.17. The number of Topliss-reactive ketones (excluding diaryl/α,β-unsaturated/α-hetero) is 1. The number of amides is 1. The van der Waals surface area contributed by atoms with Crippen LogP contribution in [0.4, 0.5) is 23.2 Å². The van der Waals surface area contributed by atoms with Crippen molar-refractivity contribution in [1.29, 1.82) is 0 Å². The van der Waals surface area contributed by atoms with Crippen molar-refractivity contribution in [3.63, 3.8) is 0 Å². The first-order chi connectivity index (χ1) is 17.7. The van der Waals surface area contributed by atoms with Crippen LogP contribution in [0.3, 0.4) is 0 Å². The standard InChI is InChI=1S/C26H30F4N4O4/c1-25(2)9-19-22(20(35)10-25)16(26(28,29)30)12-34(19)14-7-17(27)23(24(32)37)18(8-14)33-13-3-5-15(6-4-13)38-21(36)11-31/h7-8,12-13,15,33H,3-6,9-11,31H2,1-2H3,(H2,32,37)/t13-,15-. The van der Waals surface area contributed by atoms with Gasteiger partial charge < -0.3 is 26.1 Å². The summed E-state index contributed by atoms with van der Waals surface area (Å²) in [5, 5.41) is 3.10. The predicted molar refractivity (Wildman–Crippen MR) is 130 cm³/mol. The minimum absolute atomic E-state index is 0.0258. The van der Waals surface area contributed by atoms with E-state index >= 15 is 4.39 Å². The van der Waals surface area contributed by atoms with Crippen LogP contribution >= 0.6 is 0 Å². The molecule has 0 spiro atoms. The lowest BCUT2D eigenvalue weighted by atomic mass is 9.75. The lowest BCUT2D eigenvalue weighted by Crippen LogP contribution is -2.33. The number of rotatable bonds is 6. The first-order valence-corrected chi connectivity index (χ1v) is 12.3. The molecule has 0 unspecified atom stereocenters. The molecule has 2 aliphatic rings. The van der Waals surface area contributed by atoms with Crippen molar-refractivity contribution in [2.75, 3.05) is 11.9 Å². The van der Waals surface area contributed by atoms with Crippen molar-refractivity contribution in [3.05, 3.63) is 46.5 Å². The highest BCUT2D eigenvalue weighted by molar-refractivity contribution is 6.01. The van der Waals surface area contributed by atoms with E-state index in [1.54, 1.807) is 13.8 Å². The van der Waals surface area contributed by atoms with E-state index < -0.39 is 51.8 Å². The molecular formula is C26H30F4N4O4. The van der Waals surface area contributed by atoms with Crippen LogP contribution in [0, 0.1) is 11.2 Å². The molecule has 206 valence electrons. The molecule has 2 aromatic rings. The molecule has 1 saturated carbocycles. The summed E-state index contributed by atoms with van der Waals surface area (Å²) in [6, 6.07) is 2.08. The normalized spacial score (nSPS) is 21.1. The third-order valence-corrected chi connectivity index (χ3v) is 7.07. The van der Waals surface area contributed by atoms with Gasteiger partial charge in [0, 0.05) is 24.4 Å². The SMILES string of the molecule is CC1(C)CC(=O)c2c(C(F)(F)F)cn(-c3cc(F)c(C(N)=O)c(N[C@H]4CC[C@H](OC(=O)CN)CC4)c3)c2C1. The van der Waals surface area contributed by atoms with E-state index in [1.807, 2.05) is 0 Å². The second-order valence-corrected chi connectivity index (χ2v) is 10.7. The lowest BCUT2D eigenvalue weighted by molar-refractivity contribution is -0.148. The summed E-state index contributed by atoms with van der Waals surface area (Å²) in [4.78, 5) is 36.3. The zero-order chi connectivity index (χ0) is 28.0. The van der Waals surface area contributed by atoms with Gasteiger partial charge in [0.05, 0.1) is 34.6 Å². The second kappa shape index (κ2) is 10.0. The number of nitrogens with one attached hydrogen (secondary N) is 1. The Bertz CT molecular complexity index is 1280. The fraction of sp³-hybridized carbons (Fsp3) is 0.500. The number of nitrogens with two attached hydrogens (primary N) is 2. The maximum absolute atomic E-state index is 15.2. The fourth-order valence-electron chi connectivity index (χ4n) is 5.39. The van der Waals surface area contributed by atoms with Crippen molar-refractivity contribution < 1.29 is 36.7 Å². The number of carbonyl (C=O) groups excluding carboxylic acids is 3. The molecule has 0 radical (unpaired) electrons. The van der Waals surface area contributed by atoms with E-state index in [-0.39, 0.29) is 48.6 Å². The van der Waals surface area contributed by atoms with E-state index in [2.05, 4.69) is 5.32 Å². The number of hydrogen-bond donors (Lipinski definition) is 3. The smallest absolute Gasteiger partial charge is 0.418 e. The van der Waals surface area contributed by atoms with Gasteiger partial charge in [-0.25, -0.2) is 4.39 Å². The van der Waals surface area contributed by atoms with Crippen LogP contribution in [0.5, 0.6) is 0 Å². The molecule has 1 fully saturated rings. The zero-order valence-corrected chi connectivity index (χ0v) is 21.1. The summed E-state index contributed by atoms with van der Waals surface area (Å²) in [6.07, 6.45) is -2.11. The summed E-state index contributed by atoms with van der Waals surface area (Å²) in [6.45, 7) is 3.33. The number of aromatic nitrogens is 1. The topological polar surface area (TPSA) is 129 Å². The Hall–Kier alpha value is -3.41. The first kappa shape index (κ1) is 27.6. The number of carbonyl (C=O) groups is 3. The number of fused-ring (bicyclic) bond motifs is 1. The quantitative estimate of drug-likeness (QED) is 0.375. The summed E-state index contributed by atoms with van der Waals surface area (Å²) < 4.78 is 63.3. The van der Waals surface area contributed by atoms with Gasteiger partial charge in [-0.1, -0.05) is 13.8 Å². The maximum Gasteiger partial charge on any atom is 0.418 e. The van der Waals surface area contributed by atoms with E-state index in [0.717, 1.165) is 12.3 Å². The Balaban J connectivity index is 1.72. The summed E-state index contributed by atoms with van der Waals surface area (Å²) >= 11 is 0. The van der Waals surface area contributed by atoms with E-state index in [9.17, 15) is 27.6 Å². The molecule has 2 aliphatic carbocycles. The van der Waals surface area contributed by atoms with Gasteiger partial charge in [0.2, 0.25) is 0 Å². The van der Waals surface area contributed by atoms with Crippen LogP contribution in [0.25, 0.3) is 5.69 Å². The molecule has 0 saturated heterocycles. The first-order valence-electron chi connectivity index (χ1n) is 12.3. The van der Waals surface area contributed by atoms with Crippen molar-refractivity contribution in [2.24, 2.45) is 16.9 Å². The number of esters is 1. The van der Waals surface area contributed by atoms with Gasteiger partial charge in [-0.05, 0) is 49.7 Å². The number of anilines is 1. The molecule has 12 heteroatoms. The van der Waals surface area contributed by atoms with Crippen LogP contribution in [-0.2, 0) is 22.1 Å². The average Bonchev–Trinajstić information content (AvgIpc) is 3.19. The molecule has 0 bridgehead atoms. The highest BCUT2D eigenvalue weighted by Gasteiger charge is 2.43. The number of alkyl halides is 3. The maximum atomic E-state index is 15.2. The lowest BCUT2D eigenvalue weighted by Gasteiger charge is -2.31. The number of ketones is 1. The van der Waals surface area contributed by atoms with Crippen LogP contribution in [0.15, 0.2) is 18.3 Å². The van der Waals surface area contributed by atoms with Crippen LogP contribution in [0.2, 0.25) is 0 Å². The number of hydrogen-bond acceptors (Lipinski definition) is 6. The third kappa shape index (κ3) is 5.54. The van der Waals surface area contributed by atoms with Crippen molar-refractivity contribution in [3.8, 4) is 5.69 Å². The van der Waals surface area contributed by atoms with E-state index in [4.69, 9.17) is 16.2 Å². The Morgan fingerprint density at radius 3 is 2.39 bits per heavy atom. The number of halogens is 4. The highest BCUT2D eigenvalue weighted by atomic mass is 19.4. The predicted octanol–water partition coefficient (Wildman–Crippen LogP) is 4.11. The molecule has 4 rings (SSSR count). The number of benzene rings is 1. The van der Waals surface area contributed by atoms with Gasteiger partial charge in [0.1, 0.15) is 11.9 Å². The minimum atomic E-state index is -4.79. The highest BCUT2D eigenvalue weighted by Crippen LogP contribution is 2.43. The Morgan fingerprint density at radius 1 is 1.16 bits per heavy atom. The monoisotopic (exact) mass is 538 g/mol. The minimum Gasteiger partial charge on any atom is -0.461 e. The van der Waals surface area contributed by atoms with Gasteiger partial charge in [-0.3, -0.25) is 14.4 Å². The third-order valence-electron chi connectivity index (χ3n) is 7.07. The number of primary amides is 1. The van der Waals surface area contributed by atoms with Gasteiger partial charge in [0.25, 0.3) is 5.91 Å². The van der Waals surface area contributed by atoms with Crippen LogP contribution < -0.4 is 16.8 Å². The molecular weight excluding hydrogens is 508 g/mol. The van der Waals surface area contributed by atoms with Gasteiger partial charge >= 0.3 is 12.1 Å². The molecule has 1 heterocycles. The van der Waals surface area contributed by atoms with Crippen molar-refractivity contribution in [2.45, 2.75) is 70.7 Å². The Kier molecular flexibility index (Phi) is 7.30. The number of nitrogens with zero attached hydrogens (tertiary/aromatic N) is 1. The molecule has 8 nitrogen and oxygen atoms in total. The van der Waals surface area contributed by atoms with Gasteiger partial charge in [-0.15, -0.1) is 0 Å². The molecule has 5 N–H and O–H groups in total. The van der Waals surface area contributed by atoms with Crippen LogP contribution in [0.1, 0.15) is 77.9 Å². The number of ether oxygens (including phenoxy) is 1. The fourth-order valence-corrected chi connectivity index (χ4v) is 5.39. The molecule has 0 aliphatic heterocycles. The Morgan fingerprint density at radius 2 is 1.82 bits per heavy atom. The van der Waals surface area contributed by atoms with E-state index in [1.165, 1.54) is 10.6 Å². The summed E-state index contributed by atoms with van der Waals surface area (Å²) in [7, 11) is 0. The summed E-state index contributed by atoms with van der Waals surface area (Å²) in [5.41, 5.74) is 8.42. The average molecular weight is 539 g/mol. The van der Waals surface area contributed by atoms with E-state index in [0.29, 0.717) is 25.7 Å².